The second-order valence-corrected chi connectivity index (χ2v) is 4.29. The van der Waals surface area contributed by atoms with Crippen molar-refractivity contribution in [2.24, 2.45) is 0 Å². The quantitative estimate of drug-likeness (QED) is 0.390. The molecular formula is C15H13N3O3. The van der Waals surface area contributed by atoms with Gasteiger partial charge in [-0.05, 0) is 48.0 Å². The van der Waals surface area contributed by atoms with Gasteiger partial charge in [0.25, 0.3) is 5.69 Å². The molecule has 0 aliphatic rings. The van der Waals surface area contributed by atoms with E-state index in [4.69, 9.17) is 5.73 Å². The van der Waals surface area contributed by atoms with Crippen molar-refractivity contribution in [1.82, 2.24) is 0 Å². The molecule has 0 fully saturated rings. The third-order valence-corrected chi connectivity index (χ3v) is 2.71. The van der Waals surface area contributed by atoms with E-state index in [0.717, 1.165) is 0 Å². The highest BCUT2D eigenvalue weighted by atomic mass is 16.6. The van der Waals surface area contributed by atoms with Crippen LogP contribution in [-0.2, 0) is 4.79 Å². The van der Waals surface area contributed by atoms with Crippen LogP contribution in [0.15, 0.2) is 54.6 Å². The first-order valence-corrected chi connectivity index (χ1v) is 6.13. The Kier molecular flexibility index (Phi) is 4.30. The van der Waals surface area contributed by atoms with Crippen LogP contribution in [0, 0.1) is 10.1 Å². The molecule has 0 spiro atoms. The Bertz CT molecular complexity index is 676. The minimum absolute atomic E-state index is 0.0125. The number of rotatable bonds is 4. The third-order valence-electron chi connectivity index (χ3n) is 2.71. The van der Waals surface area contributed by atoms with E-state index in [9.17, 15) is 14.9 Å². The molecule has 3 N–H and O–H groups in total. The number of nitro groups is 1. The lowest BCUT2D eigenvalue weighted by atomic mass is 10.2. The molecule has 2 aromatic rings. The van der Waals surface area contributed by atoms with Gasteiger partial charge in [0, 0.05) is 29.6 Å². The van der Waals surface area contributed by atoms with E-state index in [1.807, 2.05) is 0 Å². The fraction of sp³-hybridized carbons (Fsp3) is 0. The maximum Gasteiger partial charge on any atom is 0.269 e. The summed E-state index contributed by atoms with van der Waals surface area (Å²) in [6, 6.07) is 12.7. The molecule has 0 atom stereocenters. The van der Waals surface area contributed by atoms with Crippen LogP contribution in [0.25, 0.3) is 6.08 Å². The Morgan fingerprint density at radius 1 is 1.10 bits per heavy atom. The Hall–Kier alpha value is -3.15. The predicted octanol–water partition coefficient (Wildman–Crippen LogP) is 2.83. The van der Waals surface area contributed by atoms with E-state index >= 15 is 0 Å². The molecule has 0 heterocycles. The van der Waals surface area contributed by atoms with Gasteiger partial charge in [-0.3, -0.25) is 14.9 Å². The Labute approximate surface area is 121 Å². The first-order chi connectivity index (χ1) is 10.0. The molecule has 0 aliphatic heterocycles. The second kappa shape index (κ2) is 6.33. The van der Waals surface area contributed by atoms with Gasteiger partial charge in [-0.2, -0.15) is 0 Å². The molecule has 0 radical (unpaired) electrons. The summed E-state index contributed by atoms with van der Waals surface area (Å²) < 4.78 is 0. The lowest BCUT2D eigenvalue weighted by Crippen LogP contribution is -2.07. The average molecular weight is 283 g/mol. The summed E-state index contributed by atoms with van der Waals surface area (Å²) in [5, 5.41) is 13.2. The van der Waals surface area contributed by atoms with Crippen molar-refractivity contribution >= 4 is 29.0 Å². The maximum atomic E-state index is 11.7. The lowest BCUT2D eigenvalue weighted by molar-refractivity contribution is -0.384. The Morgan fingerprint density at radius 3 is 2.29 bits per heavy atom. The third kappa shape index (κ3) is 4.17. The van der Waals surface area contributed by atoms with Crippen molar-refractivity contribution in [1.29, 1.82) is 0 Å². The normalized spacial score (nSPS) is 10.5. The molecule has 0 aliphatic carbocycles. The molecule has 0 unspecified atom stereocenters. The summed E-state index contributed by atoms with van der Waals surface area (Å²) >= 11 is 0. The molecular weight excluding hydrogens is 270 g/mol. The standard InChI is InChI=1S/C15H13N3O3/c16-12-4-6-13(7-5-12)17-15(19)10-3-11-1-8-14(9-2-11)18(20)21/h1-10H,16H2,(H,17,19). The summed E-state index contributed by atoms with van der Waals surface area (Å²) in [7, 11) is 0. The second-order valence-electron chi connectivity index (χ2n) is 4.29. The van der Waals surface area contributed by atoms with E-state index in [0.29, 0.717) is 16.9 Å². The first kappa shape index (κ1) is 14.3. The van der Waals surface area contributed by atoms with E-state index in [1.165, 1.54) is 18.2 Å². The van der Waals surface area contributed by atoms with E-state index in [1.54, 1.807) is 42.5 Å². The molecule has 0 aromatic heterocycles. The first-order valence-electron chi connectivity index (χ1n) is 6.13. The highest BCUT2D eigenvalue weighted by Gasteiger charge is 2.02. The number of benzene rings is 2. The van der Waals surface area contributed by atoms with Gasteiger partial charge in [0.2, 0.25) is 5.91 Å². The zero-order chi connectivity index (χ0) is 15.2. The molecule has 1 amide bonds. The summed E-state index contributed by atoms with van der Waals surface area (Å²) in [4.78, 5) is 21.8. The number of nitrogen functional groups attached to an aromatic ring is 1. The maximum absolute atomic E-state index is 11.7. The van der Waals surface area contributed by atoms with Gasteiger partial charge in [0.1, 0.15) is 0 Å². The fourth-order valence-corrected chi connectivity index (χ4v) is 1.63. The van der Waals surface area contributed by atoms with Gasteiger partial charge in [0.05, 0.1) is 4.92 Å². The van der Waals surface area contributed by atoms with Crippen LogP contribution >= 0.6 is 0 Å². The molecule has 6 heteroatoms. The Morgan fingerprint density at radius 2 is 1.71 bits per heavy atom. The fourth-order valence-electron chi connectivity index (χ4n) is 1.63. The number of carbonyl (C=O) groups is 1. The van der Waals surface area contributed by atoms with Crippen LogP contribution in [0.4, 0.5) is 17.1 Å². The van der Waals surface area contributed by atoms with Crippen LogP contribution in [-0.4, -0.2) is 10.8 Å². The molecule has 106 valence electrons. The largest absolute Gasteiger partial charge is 0.399 e. The van der Waals surface area contributed by atoms with Gasteiger partial charge >= 0.3 is 0 Å². The molecule has 0 bridgehead atoms. The number of hydrogen-bond donors (Lipinski definition) is 2. The number of non-ortho nitro benzene ring substituents is 1. The minimum Gasteiger partial charge on any atom is -0.399 e. The average Bonchev–Trinajstić information content (AvgIpc) is 2.48. The van der Waals surface area contributed by atoms with Gasteiger partial charge in [-0.15, -0.1) is 0 Å². The summed E-state index contributed by atoms with van der Waals surface area (Å²) in [5.41, 5.74) is 7.53. The zero-order valence-electron chi connectivity index (χ0n) is 11.0. The van der Waals surface area contributed by atoms with Crippen LogP contribution in [0.2, 0.25) is 0 Å². The molecule has 6 nitrogen and oxygen atoms in total. The lowest BCUT2D eigenvalue weighted by Gasteiger charge is -2.02. The van der Waals surface area contributed by atoms with Crippen molar-refractivity contribution in [3.05, 3.63) is 70.3 Å². The number of carbonyl (C=O) groups excluding carboxylic acids is 1. The SMILES string of the molecule is Nc1ccc(NC(=O)C=Cc2ccc([N+](=O)[O-])cc2)cc1. The molecule has 0 saturated carbocycles. The van der Waals surface area contributed by atoms with Crippen LogP contribution in [0.3, 0.4) is 0 Å². The van der Waals surface area contributed by atoms with Crippen molar-refractivity contribution in [3.63, 3.8) is 0 Å². The van der Waals surface area contributed by atoms with Gasteiger partial charge in [0.15, 0.2) is 0 Å². The number of anilines is 2. The summed E-state index contributed by atoms with van der Waals surface area (Å²) in [6.45, 7) is 0. The number of nitrogens with two attached hydrogens (primary N) is 1. The van der Waals surface area contributed by atoms with Gasteiger partial charge < -0.3 is 11.1 Å². The monoisotopic (exact) mass is 283 g/mol. The predicted molar refractivity (Wildman–Crippen MR) is 81.6 cm³/mol. The Balaban J connectivity index is 1.98. The summed E-state index contributed by atoms with van der Waals surface area (Å²) in [5.74, 6) is -0.293. The van der Waals surface area contributed by atoms with Crippen molar-refractivity contribution in [2.45, 2.75) is 0 Å². The molecule has 2 rings (SSSR count). The minimum atomic E-state index is -0.471. The summed E-state index contributed by atoms with van der Waals surface area (Å²) in [6.07, 6.45) is 2.94. The molecule has 21 heavy (non-hydrogen) atoms. The van der Waals surface area contributed by atoms with Gasteiger partial charge in [-0.1, -0.05) is 0 Å². The van der Waals surface area contributed by atoms with E-state index in [-0.39, 0.29) is 11.6 Å². The van der Waals surface area contributed by atoms with Crippen molar-refractivity contribution in [3.8, 4) is 0 Å². The molecule has 2 aromatic carbocycles. The van der Waals surface area contributed by atoms with E-state index < -0.39 is 4.92 Å². The number of nitrogens with one attached hydrogen (secondary N) is 1. The van der Waals surface area contributed by atoms with Crippen LogP contribution in [0.1, 0.15) is 5.56 Å². The molecule has 0 saturated heterocycles. The van der Waals surface area contributed by atoms with Crippen LogP contribution in [0.5, 0.6) is 0 Å². The number of hydrogen-bond acceptors (Lipinski definition) is 4. The smallest absolute Gasteiger partial charge is 0.269 e. The van der Waals surface area contributed by atoms with E-state index in [2.05, 4.69) is 5.32 Å². The number of nitrogens with zero attached hydrogens (tertiary/aromatic N) is 1. The highest BCUT2D eigenvalue weighted by molar-refractivity contribution is 6.01. The highest BCUT2D eigenvalue weighted by Crippen LogP contribution is 2.13. The van der Waals surface area contributed by atoms with Crippen LogP contribution < -0.4 is 11.1 Å². The zero-order valence-corrected chi connectivity index (χ0v) is 11.0. The van der Waals surface area contributed by atoms with Crippen molar-refractivity contribution < 1.29 is 9.72 Å². The van der Waals surface area contributed by atoms with Crippen molar-refractivity contribution in [2.75, 3.05) is 11.1 Å². The number of amides is 1. The van der Waals surface area contributed by atoms with Gasteiger partial charge in [-0.25, -0.2) is 0 Å². The topological polar surface area (TPSA) is 98.3 Å². The number of nitro benzene ring substituents is 1.